The maximum atomic E-state index is 12.4. The smallest absolute Gasteiger partial charge is 0.248 e. The van der Waals surface area contributed by atoms with Crippen molar-refractivity contribution in [2.24, 2.45) is 0 Å². The van der Waals surface area contributed by atoms with Crippen LogP contribution in [0.2, 0.25) is 0 Å². The summed E-state index contributed by atoms with van der Waals surface area (Å²) in [5.41, 5.74) is -0.745. The molecule has 1 N–H and O–H groups in total. The molecule has 1 aliphatic carbocycles. The number of carbonyl (C=O) groups is 2. The largest absolute Gasteiger partial charge is 0.342 e. The standard InChI is InChI=1S/C13H22N2O2/c1-13(2)12(17)15(9-8-11(16)14-13)10-6-4-3-5-7-10/h10H,3-9H2,1-2H3,(H,14,16). The number of hydrogen-bond donors (Lipinski definition) is 1. The van der Waals surface area contributed by atoms with Gasteiger partial charge < -0.3 is 10.2 Å². The van der Waals surface area contributed by atoms with Crippen molar-refractivity contribution in [2.75, 3.05) is 6.54 Å². The summed E-state index contributed by atoms with van der Waals surface area (Å²) in [6.45, 7) is 4.18. The lowest BCUT2D eigenvalue weighted by atomic mass is 9.92. The highest BCUT2D eigenvalue weighted by Crippen LogP contribution is 2.26. The minimum absolute atomic E-state index is 0.0124. The van der Waals surface area contributed by atoms with E-state index < -0.39 is 5.54 Å². The Morgan fingerprint density at radius 3 is 2.47 bits per heavy atom. The van der Waals surface area contributed by atoms with Crippen molar-refractivity contribution >= 4 is 11.8 Å². The second kappa shape index (κ2) is 4.67. The van der Waals surface area contributed by atoms with Crippen molar-refractivity contribution in [1.82, 2.24) is 10.2 Å². The molecule has 0 atom stereocenters. The molecule has 4 nitrogen and oxygen atoms in total. The van der Waals surface area contributed by atoms with E-state index in [4.69, 9.17) is 0 Å². The van der Waals surface area contributed by atoms with E-state index in [1.54, 1.807) is 13.8 Å². The lowest BCUT2D eigenvalue weighted by Crippen LogP contribution is -2.55. The van der Waals surface area contributed by atoms with Crippen LogP contribution in [0.3, 0.4) is 0 Å². The SMILES string of the molecule is CC1(C)NC(=O)CCN(C2CCCCC2)C1=O. The van der Waals surface area contributed by atoms with E-state index in [9.17, 15) is 9.59 Å². The molecule has 0 aromatic rings. The van der Waals surface area contributed by atoms with Crippen molar-refractivity contribution in [3.05, 3.63) is 0 Å². The van der Waals surface area contributed by atoms with Gasteiger partial charge in [0.05, 0.1) is 0 Å². The molecule has 0 aromatic heterocycles. The number of nitrogens with one attached hydrogen (secondary N) is 1. The maximum Gasteiger partial charge on any atom is 0.248 e. The van der Waals surface area contributed by atoms with E-state index in [0.29, 0.717) is 19.0 Å². The minimum atomic E-state index is -0.745. The third-order valence-electron chi connectivity index (χ3n) is 3.84. The first-order chi connectivity index (χ1) is 8.00. The minimum Gasteiger partial charge on any atom is -0.342 e. The molecule has 2 fully saturated rings. The van der Waals surface area contributed by atoms with Crippen molar-refractivity contribution in [3.63, 3.8) is 0 Å². The average molecular weight is 238 g/mol. The van der Waals surface area contributed by atoms with E-state index in [0.717, 1.165) is 12.8 Å². The van der Waals surface area contributed by atoms with Gasteiger partial charge in [0.25, 0.3) is 0 Å². The van der Waals surface area contributed by atoms with Crippen molar-refractivity contribution < 1.29 is 9.59 Å². The summed E-state index contributed by atoms with van der Waals surface area (Å²) in [7, 11) is 0. The molecule has 1 saturated heterocycles. The first-order valence-electron chi connectivity index (χ1n) is 6.63. The van der Waals surface area contributed by atoms with Gasteiger partial charge in [0.1, 0.15) is 5.54 Å². The fourth-order valence-electron chi connectivity index (χ4n) is 2.89. The Hall–Kier alpha value is -1.06. The molecule has 4 heteroatoms. The van der Waals surface area contributed by atoms with Crippen LogP contribution < -0.4 is 5.32 Å². The van der Waals surface area contributed by atoms with Crippen LogP contribution in [0.1, 0.15) is 52.4 Å². The number of hydrogen-bond acceptors (Lipinski definition) is 2. The van der Waals surface area contributed by atoms with Crippen molar-refractivity contribution in [1.29, 1.82) is 0 Å². The van der Waals surface area contributed by atoms with E-state index in [-0.39, 0.29) is 11.8 Å². The van der Waals surface area contributed by atoms with Crippen LogP contribution in [0.5, 0.6) is 0 Å². The Labute approximate surface area is 103 Å². The Bertz CT molecular complexity index is 319. The van der Waals surface area contributed by atoms with Gasteiger partial charge in [-0.15, -0.1) is 0 Å². The van der Waals surface area contributed by atoms with Gasteiger partial charge in [-0.2, -0.15) is 0 Å². The molecular weight excluding hydrogens is 216 g/mol. The van der Waals surface area contributed by atoms with Gasteiger partial charge in [0, 0.05) is 19.0 Å². The third-order valence-corrected chi connectivity index (χ3v) is 3.84. The van der Waals surface area contributed by atoms with Crippen molar-refractivity contribution in [2.45, 2.75) is 64.0 Å². The average Bonchev–Trinajstić information content (AvgIpc) is 2.38. The summed E-state index contributed by atoms with van der Waals surface area (Å²) in [6.07, 6.45) is 6.31. The molecule has 2 rings (SSSR count). The summed E-state index contributed by atoms with van der Waals surface area (Å²) in [4.78, 5) is 25.9. The summed E-state index contributed by atoms with van der Waals surface area (Å²) < 4.78 is 0. The Kier molecular flexibility index (Phi) is 3.40. The molecule has 17 heavy (non-hydrogen) atoms. The molecule has 0 spiro atoms. The van der Waals surface area contributed by atoms with E-state index in [1.165, 1.54) is 19.3 Å². The van der Waals surface area contributed by atoms with Crippen LogP contribution in [0.15, 0.2) is 0 Å². The first-order valence-corrected chi connectivity index (χ1v) is 6.63. The lowest BCUT2D eigenvalue weighted by molar-refractivity contribution is -0.140. The predicted octanol–water partition coefficient (Wildman–Crippen LogP) is 1.45. The van der Waals surface area contributed by atoms with Crippen LogP contribution in [0, 0.1) is 0 Å². The molecule has 96 valence electrons. The highest BCUT2D eigenvalue weighted by molar-refractivity contribution is 5.93. The van der Waals surface area contributed by atoms with Gasteiger partial charge >= 0.3 is 0 Å². The first kappa shape index (κ1) is 12.4. The van der Waals surface area contributed by atoms with E-state index >= 15 is 0 Å². The zero-order valence-electron chi connectivity index (χ0n) is 10.8. The van der Waals surface area contributed by atoms with Gasteiger partial charge in [-0.25, -0.2) is 0 Å². The quantitative estimate of drug-likeness (QED) is 0.751. The third kappa shape index (κ3) is 2.61. The van der Waals surface area contributed by atoms with Crippen LogP contribution in [0.25, 0.3) is 0 Å². The number of carbonyl (C=O) groups excluding carboxylic acids is 2. The highest BCUT2D eigenvalue weighted by Gasteiger charge is 2.39. The summed E-state index contributed by atoms with van der Waals surface area (Å²) in [6, 6.07) is 0.350. The topological polar surface area (TPSA) is 49.4 Å². The van der Waals surface area contributed by atoms with Gasteiger partial charge in [0.2, 0.25) is 11.8 Å². The molecule has 0 aromatic carbocycles. The Balaban J connectivity index is 2.14. The Morgan fingerprint density at radius 2 is 1.82 bits per heavy atom. The number of rotatable bonds is 1. The second-order valence-corrected chi connectivity index (χ2v) is 5.71. The molecule has 2 amide bonds. The van der Waals surface area contributed by atoms with Gasteiger partial charge in [0.15, 0.2) is 0 Å². The van der Waals surface area contributed by atoms with Gasteiger partial charge in [-0.05, 0) is 26.7 Å². The van der Waals surface area contributed by atoms with Crippen LogP contribution in [-0.2, 0) is 9.59 Å². The highest BCUT2D eigenvalue weighted by atomic mass is 16.2. The molecule has 0 radical (unpaired) electrons. The van der Waals surface area contributed by atoms with Crippen LogP contribution >= 0.6 is 0 Å². The molecule has 1 saturated carbocycles. The van der Waals surface area contributed by atoms with E-state index in [1.807, 2.05) is 4.90 Å². The monoisotopic (exact) mass is 238 g/mol. The fourth-order valence-corrected chi connectivity index (χ4v) is 2.89. The van der Waals surface area contributed by atoms with Crippen LogP contribution in [0.4, 0.5) is 0 Å². The molecular formula is C13H22N2O2. The predicted molar refractivity (Wildman–Crippen MR) is 65.4 cm³/mol. The zero-order valence-corrected chi connectivity index (χ0v) is 10.8. The summed E-state index contributed by atoms with van der Waals surface area (Å²) in [5, 5.41) is 2.81. The normalized spacial score (nSPS) is 26.6. The second-order valence-electron chi connectivity index (χ2n) is 5.71. The number of nitrogens with zero attached hydrogens (tertiary/aromatic N) is 1. The molecule has 1 heterocycles. The summed E-state index contributed by atoms with van der Waals surface area (Å²) in [5.74, 6) is 0.0666. The van der Waals surface area contributed by atoms with Gasteiger partial charge in [-0.1, -0.05) is 19.3 Å². The Morgan fingerprint density at radius 1 is 1.18 bits per heavy atom. The zero-order chi connectivity index (χ0) is 12.5. The fraction of sp³-hybridized carbons (Fsp3) is 0.846. The lowest BCUT2D eigenvalue weighted by Gasteiger charge is -2.37. The van der Waals surface area contributed by atoms with Crippen LogP contribution in [-0.4, -0.2) is 34.8 Å². The van der Waals surface area contributed by atoms with Gasteiger partial charge in [-0.3, -0.25) is 9.59 Å². The molecule has 0 unspecified atom stereocenters. The van der Waals surface area contributed by atoms with Crippen molar-refractivity contribution in [3.8, 4) is 0 Å². The summed E-state index contributed by atoms with van der Waals surface area (Å²) >= 11 is 0. The molecule has 1 aliphatic heterocycles. The molecule has 2 aliphatic rings. The van der Waals surface area contributed by atoms with E-state index in [2.05, 4.69) is 5.32 Å². The number of amides is 2. The molecule has 0 bridgehead atoms. The maximum absolute atomic E-state index is 12.4.